The maximum absolute atomic E-state index is 9.57. The van der Waals surface area contributed by atoms with E-state index >= 15 is 0 Å². The van der Waals surface area contributed by atoms with Crippen LogP contribution in [0, 0.1) is 0 Å². The lowest BCUT2D eigenvalue weighted by Crippen LogP contribution is -2.35. The molecule has 3 N–H and O–H groups in total. The van der Waals surface area contributed by atoms with Crippen molar-refractivity contribution in [3.8, 4) is 11.1 Å². The largest absolute Gasteiger partial charge is 0.393 e. The lowest BCUT2D eigenvalue weighted by molar-refractivity contribution is 0.0792. The number of rotatable bonds is 4. The van der Waals surface area contributed by atoms with E-state index in [9.17, 15) is 5.11 Å². The number of benzene rings is 2. The topological polar surface area (TPSA) is 49.5 Å². The molecule has 0 aliphatic carbocycles. The third-order valence-corrected chi connectivity index (χ3v) is 4.47. The van der Waals surface area contributed by atoms with Crippen molar-refractivity contribution in [1.82, 2.24) is 4.90 Å². The van der Waals surface area contributed by atoms with Crippen molar-refractivity contribution in [1.29, 1.82) is 0 Å². The van der Waals surface area contributed by atoms with Crippen LogP contribution >= 0.6 is 0 Å². The number of piperidine rings is 1. The van der Waals surface area contributed by atoms with Crippen molar-refractivity contribution in [2.24, 2.45) is 5.73 Å². The Morgan fingerprint density at radius 3 is 2.36 bits per heavy atom. The van der Waals surface area contributed by atoms with E-state index < -0.39 is 0 Å². The van der Waals surface area contributed by atoms with Gasteiger partial charge in [0.15, 0.2) is 0 Å². The predicted octanol–water partition coefficient (Wildman–Crippen LogP) is 2.77. The van der Waals surface area contributed by atoms with Gasteiger partial charge in [0.25, 0.3) is 0 Å². The number of aliphatic hydroxyl groups is 1. The zero-order valence-electron chi connectivity index (χ0n) is 12.9. The van der Waals surface area contributed by atoms with Gasteiger partial charge >= 0.3 is 0 Å². The monoisotopic (exact) mass is 296 g/mol. The smallest absolute Gasteiger partial charge is 0.0564 e. The van der Waals surface area contributed by atoms with Gasteiger partial charge in [0, 0.05) is 26.2 Å². The molecule has 0 saturated carbocycles. The van der Waals surface area contributed by atoms with Gasteiger partial charge in [-0.3, -0.25) is 4.90 Å². The van der Waals surface area contributed by atoms with Gasteiger partial charge in [-0.05, 0) is 35.1 Å². The quantitative estimate of drug-likeness (QED) is 0.912. The lowest BCUT2D eigenvalue weighted by Gasteiger charge is -2.29. The highest BCUT2D eigenvalue weighted by Crippen LogP contribution is 2.24. The molecule has 1 heterocycles. The van der Waals surface area contributed by atoms with Gasteiger partial charge in [0.05, 0.1) is 6.10 Å². The average molecular weight is 296 g/mol. The number of likely N-dealkylation sites (tertiary alicyclic amines) is 1. The van der Waals surface area contributed by atoms with Crippen LogP contribution < -0.4 is 5.73 Å². The van der Waals surface area contributed by atoms with Crippen molar-refractivity contribution in [2.45, 2.75) is 32.0 Å². The summed E-state index contributed by atoms with van der Waals surface area (Å²) in [6.07, 6.45) is 1.68. The lowest BCUT2D eigenvalue weighted by atomic mass is 9.98. The first-order valence-corrected chi connectivity index (χ1v) is 8.04. The minimum atomic E-state index is -0.105. The Balaban J connectivity index is 1.70. The first kappa shape index (κ1) is 15.2. The summed E-state index contributed by atoms with van der Waals surface area (Å²) in [6, 6.07) is 17.1. The minimum absolute atomic E-state index is 0.105. The fourth-order valence-corrected chi connectivity index (χ4v) is 3.11. The fourth-order valence-electron chi connectivity index (χ4n) is 3.11. The molecule has 1 fully saturated rings. The Hall–Kier alpha value is -1.68. The van der Waals surface area contributed by atoms with Crippen LogP contribution in [0.4, 0.5) is 0 Å². The molecule has 3 nitrogen and oxygen atoms in total. The van der Waals surface area contributed by atoms with Crippen LogP contribution in [0.25, 0.3) is 11.1 Å². The summed E-state index contributed by atoms with van der Waals surface area (Å²) in [7, 11) is 0. The van der Waals surface area contributed by atoms with Crippen LogP contribution in [0.5, 0.6) is 0 Å². The fraction of sp³-hybridized carbons (Fsp3) is 0.368. The van der Waals surface area contributed by atoms with Gasteiger partial charge < -0.3 is 10.8 Å². The standard InChI is InChI=1S/C19H24N2O/c20-13-17-3-1-2-4-19(17)16-7-5-15(6-8-16)14-21-11-9-18(22)10-12-21/h1-8,18,22H,9-14,20H2. The van der Waals surface area contributed by atoms with Crippen molar-refractivity contribution >= 4 is 0 Å². The van der Waals surface area contributed by atoms with Crippen molar-refractivity contribution in [3.05, 3.63) is 59.7 Å². The summed E-state index contributed by atoms with van der Waals surface area (Å²) in [5.41, 5.74) is 10.8. The second-order valence-corrected chi connectivity index (χ2v) is 6.07. The Labute approximate surface area is 132 Å². The molecule has 3 heteroatoms. The maximum Gasteiger partial charge on any atom is 0.0564 e. The van der Waals surface area contributed by atoms with Gasteiger partial charge in [-0.2, -0.15) is 0 Å². The highest BCUT2D eigenvalue weighted by Gasteiger charge is 2.16. The van der Waals surface area contributed by atoms with Crippen LogP contribution in [0.3, 0.4) is 0 Å². The molecule has 116 valence electrons. The Kier molecular flexibility index (Phi) is 4.88. The molecule has 1 aliphatic heterocycles. The van der Waals surface area contributed by atoms with Crippen molar-refractivity contribution < 1.29 is 5.11 Å². The summed E-state index contributed by atoms with van der Waals surface area (Å²) < 4.78 is 0. The summed E-state index contributed by atoms with van der Waals surface area (Å²) in [4.78, 5) is 2.41. The summed E-state index contributed by atoms with van der Waals surface area (Å²) in [5.74, 6) is 0. The van der Waals surface area contributed by atoms with E-state index in [0.29, 0.717) is 6.54 Å². The number of aliphatic hydroxyl groups excluding tert-OH is 1. The number of nitrogens with zero attached hydrogens (tertiary/aromatic N) is 1. The first-order valence-electron chi connectivity index (χ1n) is 8.04. The Morgan fingerprint density at radius 1 is 1.00 bits per heavy atom. The molecule has 1 saturated heterocycles. The number of hydrogen-bond donors (Lipinski definition) is 2. The molecule has 1 aliphatic rings. The molecule has 0 amide bonds. The van der Waals surface area contributed by atoms with Gasteiger partial charge in [-0.15, -0.1) is 0 Å². The van der Waals surface area contributed by atoms with Crippen LogP contribution in [-0.4, -0.2) is 29.2 Å². The van der Waals surface area contributed by atoms with Crippen molar-refractivity contribution in [3.63, 3.8) is 0 Å². The summed E-state index contributed by atoms with van der Waals surface area (Å²) >= 11 is 0. The normalized spacial score (nSPS) is 16.8. The molecule has 0 aromatic heterocycles. The third-order valence-electron chi connectivity index (χ3n) is 4.47. The van der Waals surface area contributed by atoms with Gasteiger partial charge in [-0.1, -0.05) is 48.5 Å². The van der Waals surface area contributed by atoms with Crippen LogP contribution in [0.15, 0.2) is 48.5 Å². The highest BCUT2D eigenvalue weighted by atomic mass is 16.3. The molecule has 0 bridgehead atoms. The van der Waals surface area contributed by atoms with E-state index in [0.717, 1.165) is 32.5 Å². The highest BCUT2D eigenvalue weighted by molar-refractivity contribution is 5.67. The zero-order chi connectivity index (χ0) is 15.4. The van der Waals surface area contributed by atoms with E-state index in [-0.39, 0.29) is 6.10 Å². The van der Waals surface area contributed by atoms with Crippen LogP contribution in [0.2, 0.25) is 0 Å². The molecular weight excluding hydrogens is 272 g/mol. The van der Waals surface area contributed by atoms with Crippen LogP contribution in [-0.2, 0) is 13.1 Å². The first-order chi connectivity index (χ1) is 10.8. The molecule has 0 unspecified atom stereocenters. The molecule has 2 aromatic rings. The molecule has 0 radical (unpaired) electrons. The molecular formula is C19H24N2O. The SMILES string of the molecule is NCc1ccccc1-c1ccc(CN2CCC(O)CC2)cc1. The molecule has 0 spiro atoms. The molecule has 0 atom stereocenters. The number of nitrogens with two attached hydrogens (primary N) is 1. The van der Waals surface area contributed by atoms with Crippen LogP contribution in [0.1, 0.15) is 24.0 Å². The van der Waals surface area contributed by atoms with E-state index in [1.165, 1.54) is 22.3 Å². The minimum Gasteiger partial charge on any atom is -0.393 e. The van der Waals surface area contributed by atoms with Crippen molar-refractivity contribution in [2.75, 3.05) is 13.1 Å². The summed E-state index contributed by atoms with van der Waals surface area (Å²) in [5, 5.41) is 9.57. The van der Waals surface area contributed by atoms with Gasteiger partial charge in [-0.25, -0.2) is 0 Å². The zero-order valence-corrected chi connectivity index (χ0v) is 12.9. The maximum atomic E-state index is 9.57. The van der Waals surface area contributed by atoms with Gasteiger partial charge in [0.2, 0.25) is 0 Å². The Morgan fingerprint density at radius 2 is 1.68 bits per heavy atom. The van der Waals surface area contributed by atoms with E-state index in [4.69, 9.17) is 5.73 Å². The summed E-state index contributed by atoms with van der Waals surface area (Å²) in [6.45, 7) is 3.50. The third kappa shape index (κ3) is 3.55. The molecule has 2 aromatic carbocycles. The predicted molar refractivity (Wildman–Crippen MR) is 90.3 cm³/mol. The van der Waals surface area contributed by atoms with E-state index in [2.05, 4.69) is 47.4 Å². The Bertz CT molecular complexity index is 601. The molecule has 22 heavy (non-hydrogen) atoms. The van der Waals surface area contributed by atoms with E-state index in [1.807, 2.05) is 6.07 Å². The second kappa shape index (κ2) is 7.05. The van der Waals surface area contributed by atoms with Gasteiger partial charge in [0.1, 0.15) is 0 Å². The number of hydrogen-bond acceptors (Lipinski definition) is 3. The average Bonchev–Trinajstić information content (AvgIpc) is 2.58. The second-order valence-electron chi connectivity index (χ2n) is 6.07. The molecule has 3 rings (SSSR count). The van der Waals surface area contributed by atoms with E-state index in [1.54, 1.807) is 0 Å².